The van der Waals surface area contributed by atoms with Gasteiger partial charge in [-0.05, 0) is 25.5 Å². The molecule has 0 N–H and O–H groups in total. The van der Waals surface area contributed by atoms with E-state index in [0.29, 0.717) is 17.7 Å². The lowest BCUT2D eigenvalue weighted by molar-refractivity contribution is -0.158. The van der Waals surface area contributed by atoms with Gasteiger partial charge < -0.3 is 9.47 Å². The second-order valence-electron chi connectivity index (χ2n) is 5.93. The molecule has 5 heteroatoms. The highest BCUT2D eigenvalue weighted by Gasteiger charge is 2.32. The molecule has 1 fully saturated rings. The Hall–Kier alpha value is -1.52. The van der Waals surface area contributed by atoms with E-state index in [1.165, 1.54) is 0 Å². The molecule has 3 atom stereocenters. The Labute approximate surface area is 144 Å². The van der Waals surface area contributed by atoms with E-state index in [1.54, 1.807) is 0 Å². The van der Waals surface area contributed by atoms with Crippen molar-refractivity contribution in [3.05, 3.63) is 43.0 Å². The van der Waals surface area contributed by atoms with Crippen molar-refractivity contribution in [1.82, 2.24) is 4.90 Å². The van der Waals surface area contributed by atoms with Gasteiger partial charge in [0.15, 0.2) is 6.61 Å². The Kier molecular flexibility index (Phi) is 8.13. The molecule has 4 nitrogen and oxygen atoms in total. The van der Waals surface area contributed by atoms with Crippen molar-refractivity contribution in [3.63, 3.8) is 0 Å². The third-order valence-corrected chi connectivity index (χ3v) is 4.10. The zero-order valence-electron chi connectivity index (χ0n) is 13.8. The van der Waals surface area contributed by atoms with Crippen LogP contribution in [-0.2, 0) is 9.53 Å². The Morgan fingerprint density at radius 1 is 1.35 bits per heavy atom. The SMILES string of the molecule is C=CCN1CC(C)C(OC(=O)COc2ccccc2)CC1C.Cl. The van der Waals surface area contributed by atoms with Crippen LogP contribution in [0.4, 0.5) is 0 Å². The number of carbonyl (C=O) groups excluding carboxylic acids is 1. The number of hydrogen-bond acceptors (Lipinski definition) is 4. The molecule has 1 aromatic carbocycles. The van der Waals surface area contributed by atoms with Crippen LogP contribution >= 0.6 is 12.4 Å². The fourth-order valence-corrected chi connectivity index (χ4v) is 2.83. The minimum Gasteiger partial charge on any atom is -0.482 e. The highest BCUT2D eigenvalue weighted by molar-refractivity contribution is 5.85. The monoisotopic (exact) mass is 339 g/mol. The van der Waals surface area contributed by atoms with Gasteiger partial charge in [-0.1, -0.05) is 31.2 Å². The van der Waals surface area contributed by atoms with Gasteiger partial charge in [0.05, 0.1) is 0 Å². The van der Waals surface area contributed by atoms with E-state index in [4.69, 9.17) is 9.47 Å². The van der Waals surface area contributed by atoms with Crippen molar-refractivity contribution in [2.24, 2.45) is 5.92 Å². The first-order valence-corrected chi connectivity index (χ1v) is 7.82. The minimum absolute atomic E-state index is 0. The Morgan fingerprint density at radius 2 is 2.04 bits per heavy atom. The molecule has 0 radical (unpaired) electrons. The van der Waals surface area contributed by atoms with Gasteiger partial charge in [0.2, 0.25) is 0 Å². The molecule has 0 aliphatic carbocycles. The molecule has 128 valence electrons. The summed E-state index contributed by atoms with van der Waals surface area (Å²) in [4.78, 5) is 14.3. The summed E-state index contributed by atoms with van der Waals surface area (Å²) < 4.78 is 11.0. The van der Waals surface area contributed by atoms with Crippen molar-refractivity contribution in [1.29, 1.82) is 0 Å². The van der Waals surface area contributed by atoms with Crippen molar-refractivity contribution < 1.29 is 14.3 Å². The molecule has 23 heavy (non-hydrogen) atoms. The van der Waals surface area contributed by atoms with Gasteiger partial charge in [-0.3, -0.25) is 4.90 Å². The number of halogens is 1. The summed E-state index contributed by atoms with van der Waals surface area (Å²) in [5, 5.41) is 0. The Balaban J connectivity index is 0.00000264. The van der Waals surface area contributed by atoms with E-state index < -0.39 is 0 Å². The summed E-state index contributed by atoms with van der Waals surface area (Å²) >= 11 is 0. The average Bonchev–Trinajstić information content (AvgIpc) is 2.51. The second kappa shape index (κ2) is 9.58. The van der Waals surface area contributed by atoms with Crippen LogP contribution in [0.15, 0.2) is 43.0 Å². The van der Waals surface area contributed by atoms with Gasteiger partial charge in [0, 0.05) is 25.0 Å². The first kappa shape index (κ1) is 19.5. The van der Waals surface area contributed by atoms with E-state index in [0.717, 1.165) is 19.5 Å². The first-order chi connectivity index (χ1) is 10.6. The predicted octanol–water partition coefficient (Wildman–Crippen LogP) is 3.32. The van der Waals surface area contributed by atoms with Crippen LogP contribution in [-0.4, -0.2) is 42.7 Å². The maximum Gasteiger partial charge on any atom is 0.344 e. The normalized spacial score (nSPS) is 24.3. The summed E-state index contributed by atoms with van der Waals surface area (Å²) in [5.74, 6) is 0.698. The maximum absolute atomic E-state index is 12.0. The van der Waals surface area contributed by atoms with Crippen LogP contribution in [0, 0.1) is 5.92 Å². The molecule has 3 unspecified atom stereocenters. The fourth-order valence-electron chi connectivity index (χ4n) is 2.83. The lowest BCUT2D eigenvalue weighted by Gasteiger charge is -2.40. The van der Waals surface area contributed by atoms with Gasteiger partial charge in [-0.15, -0.1) is 19.0 Å². The summed E-state index contributed by atoms with van der Waals surface area (Å²) in [5.41, 5.74) is 0. The van der Waals surface area contributed by atoms with E-state index in [2.05, 4.69) is 25.3 Å². The van der Waals surface area contributed by atoms with Crippen LogP contribution in [0.1, 0.15) is 20.3 Å². The highest BCUT2D eigenvalue weighted by Crippen LogP contribution is 2.24. The molecule has 0 spiro atoms. The Bertz CT molecular complexity index is 494. The smallest absolute Gasteiger partial charge is 0.344 e. The van der Waals surface area contributed by atoms with E-state index in [9.17, 15) is 4.79 Å². The number of benzene rings is 1. The minimum atomic E-state index is -0.301. The van der Waals surface area contributed by atoms with Gasteiger partial charge in [-0.25, -0.2) is 4.79 Å². The summed E-state index contributed by atoms with van der Waals surface area (Å²) in [6, 6.07) is 9.70. The van der Waals surface area contributed by atoms with E-state index in [1.807, 2.05) is 36.4 Å². The standard InChI is InChI=1S/C18H25NO3.ClH/c1-4-10-19-12-14(2)17(11-15(19)3)22-18(20)13-21-16-8-6-5-7-9-16;/h4-9,14-15,17H,1,10-13H2,2-3H3;1H. The molecular formula is C18H26ClNO3. The fraction of sp³-hybridized carbons (Fsp3) is 0.500. The Morgan fingerprint density at radius 3 is 2.70 bits per heavy atom. The molecule has 0 bridgehead atoms. The molecular weight excluding hydrogens is 314 g/mol. The first-order valence-electron chi connectivity index (χ1n) is 7.82. The lowest BCUT2D eigenvalue weighted by atomic mass is 9.91. The second-order valence-corrected chi connectivity index (χ2v) is 5.93. The number of rotatable bonds is 6. The lowest BCUT2D eigenvalue weighted by Crippen LogP contribution is -2.49. The molecule has 0 amide bonds. The van der Waals surface area contributed by atoms with Gasteiger partial charge in [0.25, 0.3) is 0 Å². The molecule has 1 aliphatic heterocycles. The zero-order chi connectivity index (χ0) is 15.9. The summed E-state index contributed by atoms with van der Waals surface area (Å²) in [7, 11) is 0. The van der Waals surface area contributed by atoms with Crippen molar-refractivity contribution >= 4 is 18.4 Å². The third kappa shape index (κ3) is 5.88. The maximum atomic E-state index is 12.0. The van der Waals surface area contributed by atoms with Crippen molar-refractivity contribution in [2.75, 3.05) is 19.7 Å². The predicted molar refractivity (Wildman–Crippen MR) is 94.1 cm³/mol. The molecule has 1 aliphatic rings. The van der Waals surface area contributed by atoms with Crippen molar-refractivity contribution in [3.8, 4) is 5.75 Å². The molecule has 2 rings (SSSR count). The van der Waals surface area contributed by atoms with Gasteiger partial charge in [-0.2, -0.15) is 0 Å². The van der Waals surface area contributed by atoms with Crippen LogP contribution in [0.2, 0.25) is 0 Å². The number of hydrogen-bond donors (Lipinski definition) is 0. The van der Waals surface area contributed by atoms with E-state index >= 15 is 0 Å². The molecule has 1 heterocycles. The van der Waals surface area contributed by atoms with Crippen molar-refractivity contribution in [2.45, 2.75) is 32.4 Å². The van der Waals surface area contributed by atoms with Crippen LogP contribution in [0.3, 0.4) is 0 Å². The largest absolute Gasteiger partial charge is 0.482 e. The number of likely N-dealkylation sites (tertiary alicyclic amines) is 1. The quantitative estimate of drug-likeness (QED) is 0.588. The van der Waals surface area contributed by atoms with Crippen LogP contribution in [0.25, 0.3) is 0 Å². The van der Waals surface area contributed by atoms with Gasteiger partial charge in [0.1, 0.15) is 11.9 Å². The highest BCUT2D eigenvalue weighted by atomic mass is 35.5. The average molecular weight is 340 g/mol. The summed E-state index contributed by atoms with van der Waals surface area (Å²) in [6.45, 7) is 9.83. The number of nitrogens with zero attached hydrogens (tertiary/aromatic N) is 1. The molecule has 1 aromatic rings. The third-order valence-electron chi connectivity index (χ3n) is 4.10. The number of para-hydroxylation sites is 1. The number of esters is 1. The number of carbonyl (C=O) groups is 1. The topological polar surface area (TPSA) is 38.8 Å². The van der Waals surface area contributed by atoms with Crippen LogP contribution < -0.4 is 4.74 Å². The van der Waals surface area contributed by atoms with Gasteiger partial charge >= 0.3 is 5.97 Å². The molecule has 1 saturated heterocycles. The van der Waals surface area contributed by atoms with Crippen LogP contribution in [0.5, 0.6) is 5.75 Å². The number of ether oxygens (including phenoxy) is 2. The number of piperidine rings is 1. The molecule has 0 aromatic heterocycles. The summed E-state index contributed by atoms with van der Waals surface area (Å²) in [6.07, 6.45) is 2.73. The molecule has 0 saturated carbocycles. The van der Waals surface area contributed by atoms with E-state index in [-0.39, 0.29) is 31.1 Å². The zero-order valence-corrected chi connectivity index (χ0v) is 14.6.